The summed E-state index contributed by atoms with van der Waals surface area (Å²) >= 11 is 0. The quantitative estimate of drug-likeness (QED) is 0.900. The Labute approximate surface area is 129 Å². The van der Waals surface area contributed by atoms with Crippen molar-refractivity contribution in [2.75, 3.05) is 32.7 Å². The first kappa shape index (κ1) is 15.0. The molecule has 116 valence electrons. The van der Waals surface area contributed by atoms with E-state index in [-0.39, 0.29) is 0 Å². The highest BCUT2D eigenvalue weighted by Crippen LogP contribution is 2.21. The van der Waals surface area contributed by atoms with Gasteiger partial charge in [-0.25, -0.2) is 0 Å². The van der Waals surface area contributed by atoms with Gasteiger partial charge in [0.1, 0.15) is 0 Å². The number of fused-ring (bicyclic) bond motifs is 1. The van der Waals surface area contributed by atoms with Crippen molar-refractivity contribution in [3.63, 3.8) is 0 Å². The molecule has 2 saturated heterocycles. The van der Waals surface area contributed by atoms with E-state index >= 15 is 0 Å². The van der Waals surface area contributed by atoms with E-state index in [1.54, 1.807) is 0 Å². The number of nitrogens with zero attached hydrogens (tertiary/aromatic N) is 2. The van der Waals surface area contributed by atoms with Crippen LogP contribution in [-0.4, -0.2) is 54.6 Å². The Kier molecular flexibility index (Phi) is 5.28. The minimum absolute atomic E-state index is 0.306. The predicted octanol–water partition coefficient (Wildman–Crippen LogP) is 2.12. The maximum Gasteiger partial charge on any atom is 0.0223 e. The summed E-state index contributed by atoms with van der Waals surface area (Å²) in [6.07, 6.45) is 6.39. The number of piperazine rings is 1. The summed E-state index contributed by atoms with van der Waals surface area (Å²) in [5, 5.41) is 0. The topological polar surface area (TPSA) is 32.5 Å². The van der Waals surface area contributed by atoms with E-state index in [1.807, 2.05) is 0 Å². The van der Waals surface area contributed by atoms with E-state index in [2.05, 4.69) is 40.1 Å². The molecule has 0 radical (unpaired) electrons. The van der Waals surface area contributed by atoms with Gasteiger partial charge in [0.2, 0.25) is 0 Å². The van der Waals surface area contributed by atoms with Crippen LogP contribution in [0.25, 0.3) is 0 Å². The maximum atomic E-state index is 6.37. The normalized spacial score (nSPS) is 25.5. The smallest absolute Gasteiger partial charge is 0.0223 e. The van der Waals surface area contributed by atoms with Crippen molar-refractivity contribution >= 4 is 0 Å². The number of aryl methyl sites for hydroxylation is 1. The van der Waals surface area contributed by atoms with Crippen molar-refractivity contribution < 1.29 is 0 Å². The first-order valence-electron chi connectivity index (χ1n) is 8.57. The minimum atomic E-state index is 0.306. The molecule has 3 nitrogen and oxygen atoms in total. The van der Waals surface area contributed by atoms with Crippen LogP contribution in [0.1, 0.15) is 31.2 Å². The van der Waals surface area contributed by atoms with Gasteiger partial charge in [-0.1, -0.05) is 36.8 Å². The first-order valence-corrected chi connectivity index (χ1v) is 8.57. The second-order valence-electron chi connectivity index (χ2n) is 6.73. The van der Waals surface area contributed by atoms with E-state index in [0.29, 0.717) is 6.04 Å². The second kappa shape index (κ2) is 7.39. The number of nitrogens with two attached hydrogens (primary N) is 1. The molecule has 0 saturated carbocycles. The van der Waals surface area contributed by atoms with E-state index < -0.39 is 0 Å². The summed E-state index contributed by atoms with van der Waals surface area (Å²) < 4.78 is 0. The molecule has 0 bridgehead atoms. The van der Waals surface area contributed by atoms with Crippen LogP contribution < -0.4 is 5.73 Å². The van der Waals surface area contributed by atoms with Crippen molar-refractivity contribution in [3.05, 3.63) is 35.9 Å². The van der Waals surface area contributed by atoms with Crippen LogP contribution in [0.2, 0.25) is 0 Å². The summed E-state index contributed by atoms with van der Waals surface area (Å²) in [6, 6.07) is 11.8. The fourth-order valence-electron chi connectivity index (χ4n) is 3.81. The number of hydrogen-bond acceptors (Lipinski definition) is 3. The number of rotatable bonds is 5. The highest BCUT2D eigenvalue weighted by Gasteiger charge is 2.29. The third-order valence-electron chi connectivity index (χ3n) is 5.06. The number of hydrogen-bond donors (Lipinski definition) is 1. The molecule has 2 N–H and O–H groups in total. The summed E-state index contributed by atoms with van der Waals surface area (Å²) in [5.74, 6) is 0. The Morgan fingerprint density at radius 1 is 1.10 bits per heavy atom. The molecule has 3 rings (SSSR count). The molecular weight excluding hydrogens is 258 g/mol. The monoisotopic (exact) mass is 287 g/mol. The highest BCUT2D eigenvalue weighted by atomic mass is 15.3. The first-order chi connectivity index (χ1) is 10.3. The zero-order chi connectivity index (χ0) is 14.5. The summed E-state index contributed by atoms with van der Waals surface area (Å²) in [7, 11) is 0. The molecule has 21 heavy (non-hydrogen) atoms. The van der Waals surface area contributed by atoms with Gasteiger partial charge >= 0.3 is 0 Å². The molecule has 2 atom stereocenters. The molecule has 0 amide bonds. The summed E-state index contributed by atoms with van der Waals surface area (Å²) in [5.41, 5.74) is 7.77. The Bertz CT molecular complexity index is 420. The van der Waals surface area contributed by atoms with Crippen LogP contribution in [-0.2, 0) is 6.42 Å². The van der Waals surface area contributed by atoms with Gasteiger partial charge in [-0.3, -0.25) is 9.80 Å². The van der Waals surface area contributed by atoms with Crippen LogP contribution in [0, 0.1) is 0 Å². The van der Waals surface area contributed by atoms with Gasteiger partial charge in [0, 0.05) is 38.3 Å². The Morgan fingerprint density at radius 2 is 1.95 bits per heavy atom. The molecule has 3 heteroatoms. The molecule has 0 spiro atoms. The third-order valence-corrected chi connectivity index (χ3v) is 5.06. The zero-order valence-corrected chi connectivity index (χ0v) is 13.1. The summed E-state index contributed by atoms with van der Waals surface area (Å²) in [6.45, 7) is 6.07. The molecule has 2 unspecified atom stereocenters. The Hall–Kier alpha value is -0.900. The predicted molar refractivity (Wildman–Crippen MR) is 88.4 cm³/mol. The van der Waals surface area contributed by atoms with E-state index in [9.17, 15) is 0 Å². The molecule has 2 aliphatic heterocycles. The lowest BCUT2D eigenvalue weighted by Gasteiger charge is -2.44. The van der Waals surface area contributed by atoms with E-state index in [1.165, 1.54) is 51.0 Å². The lowest BCUT2D eigenvalue weighted by molar-refractivity contribution is 0.0463. The molecule has 2 fully saturated rings. The fourth-order valence-corrected chi connectivity index (χ4v) is 3.81. The van der Waals surface area contributed by atoms with Crippen molar-refractivity contribution in [2.45, 2.75) is 44.2 Å². The van der Waals surface area contributed by atoms with Crippen molar-refractivity contribution in [1.82, 2.24) is 9.80 Å². The summed E-state index contributed by atoms with van der Waals surface area (Å²) in [4.78, 5) is 5.29. The van der Waals surface area contributed by atoms with Crippen LogP contribution >= 0.6 is 0 Å². The number of piperidine rings is 1. The lowest BCUT2D eigenvalue weighted by atomic mass is 9.99. The van der Waals surface area contributed by atoms with Gasteiger partial charge in [0.25, 0.3) is 0 Å². The van der Waals surface area contributed by atoms with Gasteiger partial charge < -0.3 is 5.73 Å². The average molecular weight is 287 g/mol. The molecule has 0 aliphatic carbocycles. The molecular formula is C18H29N3. The van der Waals surface area contributed by atoms with Crippen LogP contribution in [0.4, 0.5) is 0 Å². The van der Waals surface area contributed by atoms with E-state index in [0.717, 1.165) is 25.4 Å². The molecule has 1 aromatic carbocycles. The average Bonchev–Trinajstić information content (AvgIpc) is 2.54. The maximum absolute atomic E-state index is 6.37. The van der Waals surface area contributed by atoms with Crippen LogP contribution in [0.3, 0.4) is 0 Å². The SMILES string of the molecule is NC(CCc1ccccc1)CN1CCN2CCCCC2C1. The highest BCUT2D eigenvalue weighted by molar-refractivity contribution is 5.14. The van der Waals surface area contributed by atoms with Crippen molar-refractivity contribution in [1.29, 1.82) is 0 Å². The van der Waals surface area contributed by atoms with Gasteiger partial charge in [-0.05, 0) is 37.8 Å². The van der Waals surface area contributed by atoms with E-state index in [4.69, 9.17) is 5.73 Å². The Balaban J connectivity index is 1.41. The standard InChI is InChI=1S/C18H29N3/c19-17(10-9-16-6-2-1-3-7-16)14-20-12-13-21-11-5-4-8-18(21)15-20/h1-3,6-7,17-18H,4-5,8-15,19H2. The largest absolute Gasteiger partial charge is 0.327 e. The van der Waals surface area contributed by atoms with Crippen LogP contribution in [0.15, 0.2) is 30.3 Å². The Morgan fingerprint density at radius 3 is 2.81 bits per heavy atom. The van der Waals surface area contributed by atoms with Crippen molar-refractivity contribution in [2.24, 2.45) is 5.73 Å². The van der Waals surface area contributed by atoms with Crippen LogP contribution in [0.5, 0.6) is 0 Å². The number of benzene rings is 1. The second-order valence-corrected chi connectivity index (χ2v) is 6.73. The van der Waals surface area contributed by atoms with Gasteiger partial charge in [0.15, 0.2) is 0 Å². The van der Waals surface area contributed by atoms with Gasteiger partial charge in [-0.15, -0.1) is 0 Å². The van der Waals surface area contributed by atoms with Gasteiger partial charge in [-0.2, -0.15) is 0 Å². The molecule has 0 aromatic heterocycles. The zero-order valence-electron chi connectivity index (χ0n) is 13.1. The van der Waals surface area contributed by atoms with Gasteiger partial charge in [0.05, 0.1) is 0 Å². The minimum Gasteiger partial charge on any atom is -0.327 e. The third kappa shape index (κ3) is 4.29. The molecule has 1 aromatic rings. The lowest BCUT2D eigenvalue weighted by Crippen LogP contribution is -2.56. The molecule has 2 aliphatic rings. The molecule has 2 heterocycles. The fraction of sp³-hybridized carbons (Fsp3) is 0.667. The van der Waals surface area contributed by atoms with Crippen molar-refractivity contribution in [3.8, 4) is 0 Å².